The molecule has 1 aromatic heterocycles. The molecule has 6 heteroatoms. The first kappa shape index (κ1) is 9.80. The third-order valence-electron chi connectivity index (χ3n) is 2.99. The lowest BCUT2D eigenvalue weighted by molar-refractivity contribution is 0.122. The van der Waals surface area contributed by atoms with Crippen molar-refractivity contribution in [1.82, 2.24) is 15.3 Å². The number of aromatic nitrogens is 2. The van der Waals surface area contributed by atoms with Gasteiger partial charge in [0.15, 0.2) is 0 Å². The highest BCUT2D eigenvalue weighted by atomic mass is 16.5. The minimum Gasteiger partial charge on any atom is -0.378 e. The highest BCUT2D eigenvalue weighted by molar-refractivity contribution is 5.35. The Bertz CT molecular complexity index is 451. The van der Waals surface area contributed by atoms with E-state index in [9.17, 15) is 4.79 Å². The number of aromatic amines is 1. The fourth-order valence-corrected chi connectivity index (χ4v) is 2.09. The molecule has 1 saturated heterocycles. The predicted octanol–water partition coefficient (Wildman–Crippen LogP) is -0.790. The predicted molar refractivity (Wildman–Crippen MR) is 58.4 cm³/mol. The highest BCUT2D eigenvalue weighted by Gasteiger charge is 2.20. The van der Waals surface area contributed by atoms with Crippen LogP contribution in [0.2, 0.25) is 0 Å². The number of rotatable bonds is 1. The van der Waals surface area contributed by atoms with E-state index in [-0.39, 0.29) is 5.56 Å². The fourth-order valence-electron chi connectivity index (χ4n) is 2.09. The van der Waals surface area contributed by atoms with Gasteiger partial charge in [-0.1, -0.05) is 0 Å². The normalized spacial score (nSPS) is 19.9. The first-order chi connectivity index (χ1) is 7.84. The monoisotopic (exact) mass is 222 g/mol. The summed E-state index contributed by atoms with van der Waals surface area (Å²) in [6.07, 6.45) is 0. The number of nitrogens with zero attached hydrogens (tertiary/aromatic N) is 2. The second-order valence-corrected chi connectivity index (χ2v) is 4.02. The van der Waals surface area contributed by atoms with Gasteiger partial charge >= 0.3 is 0 Å². The summed E-state index contributed by atoms with van der Waals surface area (Å²) < 4.78 is 5.27. The molecule has 0 bridgehead atoms. The maximum absolute atomic E-state index is 11.8. The van der Waals surface area contributed by atoms with Crippen LogP contribution in [-0.4, -0.2) is 36.3 Å². The van der Waals surface area contributed by atoms with Crippen LogP contribution in [0.3, 0.4) is 0 Å². The average Bonchev–Trinajstić information content (AvgIpc) is 2.79. The molecule has 0 aliphatic carbocycles. The van der Waals surface area contributed by atoms with Gasteiger partial charge in [-0.3, -0.25) is 9.78 Å². The highest BCUT2D eigenvalue weighted by Crippen LogP contribution is 2.13. The molecule has 1 fully saturated rings. The topological polar surface area (TPSA) is 70.2 Å². The quantitative estimate of drug-likeness (QED) is 0.651. The number of nitrogens with one attached hydrogen (secondary N) is 2. The zero-order valence-corrected chi connectivity index (χ0v) is 8.95. The van der Waals surface area contributed by atoms with E-state index in [2.05, 4.69) is 20.2 Å². The van der Waals surface area contributed by atoms with Crippen LogP contribution < -0.4 is 15.8 Å². The van der Waals surface area contributed by atoms with Crippen molar-refractivity contribution in [1.29, 1.82) is 0 Å². The summed E-state index contributed by atoms with van der Waals surface area (Å²) in [5.74, 6) is 0.677. The van der Waals surface area contributed by atoms with Crippen LogP contribution in [-0.2, 0) is 17.8 Å². The minimum atomic E-state index is -0.0171. The summed E-state index contributed by atoms with van der Waals surface area (Å²) in [5, 5.41) is 3.13. The lowest BCUT2D eigenvalue weighted by Crippen LogP contribution is -2.38. The molecule has 2 aliphatic rings. The molecule has 2 aliphatic heterocycles. The standard InChI is InChI=1S/C10H14N4O2/c15-9-7-5-11-6-8(7)12-10(13-9)14-1-3-16-4-2-14/h11H,1-6H2,(H,12,13,15). The molecule has 0 spiro atoms. The van der Waals surface area contributed by atoms with Crippen LogP contribution in [0, 0.1) is 0 Å². The molecule has 0 saturated carbocycles. The Kier molecular flexibility index (Phi) is 2.37. The Hall–Kier alpha value is -1.40. The van der Waals surface area contributed by atoms with Crippen molar-refractivity contribution in [3.8, 4) is 0 Å². The molecule has 86 valence electrons. The number of H-pyrrole nitrogens is 1. The zero-order chi connectivity index (χ0) is 11.0. The number of anilines is 1. The Morgan fingerprint density at radius 3 is 2.88 bits per heavy atom. The van der Waals surface area contributed by atoms with Gasteiger partial charge < -0.3 is 15.0 Å². The van der Waals surface area contributed by atoms with Gasteiger partial charge in [0.1, 0.15) is 0 Å². The molecule has 0 aromatic carbocycles. The Labute approximate surface area is 92.6 Å². The minimum absolute atomic E-state index is 0.0171. The van der Waals surface area contributed by atoms with Crippen LogP contribution in [0.5, 0.6) is 0 Å². The maximum Gasteiger partial charge on any atom is 0.257 e. The Balaban J connectivity index is 1.96. The SMILES string of the molecule is O=c1[nH]c(N2CCOCC2)nc2c1CNC2. The number of hydrogen-bond acceptors (Lipinski definition) is 5. The van der Waals surface area contributed by atoms with Gasteiger partial charge in [-0.05, 0) is 0 Å². The number of morpholine rings is 1. The third kappa shape index (κ3) is 1.60. The lowest BCUT2D eigenvalue weighted by atomic mass is 10.3. The molecule has 3 heterocycles. The van der Waals surface area contributed by atoms with Crippen molar-refractivity contribution in [3.63, 3.8) is 0 Å². The van der Waals surface area contributed by atoms with Crippen LogP contribution >= 0.6 is 0 Å². The molecule has 0 unspecified atom stereocenters. The van der Waals surface area contributed by atoms with E-state index in [1.54, 1.807) is 0 Å². The van der Waals surface area contributed by atoms with Crippen LogP contribution in [0.15, 0.2) is 4.79 Å². The number of ether oxygens (including phenoxy) is 1. The summed E-state index contributed by atoms with van der Waals surface area (Å²) in [6, 6.07) is 0. The number of hydrogen-bond donors (Lipinski definition) is 2. The third-order valence-corrected chi connectivity index (χ3v) is 2.99. The molecule has 3 rings (SSSR count). The van der Waals surface area contributed by atoms with E-state index < -0.39 is 0 Å². The van der Waals surface area contributed by atoms with Gasteiger partial charge in [0.2, 0.25) is 5.95 Å². The fraction of sp³-hybridized carbons (Fsp3) is 0.600. The summed E-state index contributed by atoms with van der Waals surface area (Å²) in [7, 11) is 0. The molecule has 1 aromatic rings. The van der Waals surface area contributed by atoms with Crippen LogP contribution in [0.25, 0.3) is 0 Å². The van der Waals surface area contributed by atoms with Crippen molar-refractivity contribution >= 4 is 5.95 Å². The van der Waals surface area contributed by atoms with Crippen molar-refractivity contribution in [2.24, 2.45) is 0 Å². The van der Waals surface area contributed by atoms with Crippen LogP contribution in [0.1, 0.15) is 11.3 Å². The first-order valence-corrected chi connectivity index (χ1v) is 5.50. The molecule has 0 atom stereocenters. The molecule has 0 radical (unpaired) electrons. The van der Waals surface area contributed by atoms with E-state index in [4.69, 9.17) is 4.74 Å². The van der Waals surface area contributed by atoms with Crippen LogP contribution in [0.4, 0.5) is 5.95 Å². The van der Waals surface area contributed by atoms with Gasteiger partial charge in [-0.2, -0.15) is 0 Å². The summed E-state index contributed by atoms with van der Waals surface area (Å²) in [4.78, 5) is 21.2. The van der Waals surface area contributed by atoms with E-state index in [0.29, 0.717) is 32.3 Å². The van der Waals surface area contributed by atoms with Gasteiger partial charge in [-0.15, -0.1) is 0 Å². The Morgan fingerprint density at radius 1 is 1.25 bits per heavy atom. The van der Waals surface area contributed by atoms with Gasteiger partial charge in [0.05, 0.1) is 24.5 Å². The average molecular weight is 222 g/mol. The molecule has 16 heavy (non-hydrogen) atoms. The van der Waals surface area contributed by atoms with E-state index in [1.807, 2.05) is 0 Å². The molecule has 6 nitrogen and oxygen atoms in total. The maximum atomic E-state index is 11.8. The van der Waals surface area contributed by atoms with Crippen molar-refractivity contribution in [3.05, 3.63) is 21.6 Å². The Morgan fingerprint density at radius 2 is 2.06 bits per heavy atom. The summed E-state index contributed by atoms with van der Waals surface area (Å²) >= 11 is 0. The van der Waals surface area contributed by atoms with Gasteiger partial charge in [0.25, 0.3) is 5.56 Å². The van der Waals surface area contributed by atoms with E-state index in [1.165, 1.54) is 0 Å². The second kappa shape index (κ2) is 3.88. The summed E-state index contributed by atoms with van der Waals surface area (Å²) in [6.45, 7) is 4.28. The molecular formula is C10H14N4O2. The summed E-state index contributed by atoms with van der Waals surface area (Å²) in [5.41, 5.74) is 1.64. The second-order valence-electron chi connectivity index (χ2n) is 4.02. The largest absolute Gasteiger partial charge is 0.378 e. The smallest absolute Gasteiger partial charge is 0.257 e. The van der Waals surface area contributed by atoms with Gasteiger partial charge in [0, 0.05) is 26.2 Å². The van der Waals surface area contributed by atoms with E-state index >= 15 is 0 Å². The van der Waals surface area contributed by atoms with Crippen molar-refractivity contribution < 1.29 is 4.74 Å². The lowest BCUT2D eigenvalue weighted by Gasteiger charge is -2.27. The van der Waals surface area contributed by atoms with Crippen molar-refractivity contribution in [2.45, 2.75) is 13.1 Å². The van der Waals surface area contributed by atoms with Gasteiger partial charge in [-0.25, -0.2) is 4.98 Å². The zero-order valence-electron chi connectivity index (χ0n) is 8.95. The first-order valence-electron chi connectivity index (χ1n) is 5.50. The molecular weight excluding hydrogens is 208 g/mol. The van der Waals surface area contributed by atoms with E-state index in [0.717, 1.165) is 24.3 Å². The number of fused-ring (bicyclic) bond motifs is 1. The van der Waals surface area contributed by atoms with Crippen molar-refractivity contribution in [2.75, 3.05) is 31.2 Å². The molecule has 2 N–H and O–H groups in total. The molecule has 0 amide bonds.